The maximum atomic E-state index is 12.7. The number of benzene rings is 1. The van der Waals surface area contributed by atoms with Gasteiger partial charge in [-0.05, 0) is 43.5 Å². The van der Waals surface area contributed by atoms with Gasteiger partial charge in [0.1, 0.15) is 0 Å². The normalized spacial score (nSPS) is 15.2. The molecular weight excluding hydrogens is 384 g/mol. The van der Waals surface area contributed by atoms with Gasteiger partial charge in [-0.3, -0.25) is 4.79 Å². The summed E-state index contributed by atoms with van der Waals surface area (Å²) in [6.07, 6.45) is 2.67. The highest BCUT2D eigenvalue weighted by molar-refractivity contribution is 7.89. The molecule has 0 atom stereocenters. The largest absolute Gasteiger partial charge is 0.493 e. The van der Waals surface area contributed by atoms with Crippen molar-refractivity contribution in [3.8, 4) is 11.5 Å². The topological polar surface area (TPSA) is 98.1 Å². The minimum absolute atomic E-state index is 0.0789. The van der Waals surface area contributed by atoms with Crippen LogP contribution in [0.4, 0.5) is 5.69 Å². The number of methoxy groups -OCH3 is 2. The zero-order valence-corrected chi connectivity index (χ0v) is 17.0. The lowest BCUT2D eigenvalue weighted by Crippen LogP contribution is -2.35. The molecule has 1 aromatic carbocycles. The number of ether oxygens (including phenoxy) is 2. The summed E-state index contributed by atoms with van der Waals surface area (Å²) in [5.41, 5.74) is 1.28. The number of rotatable bonds is 6. The summed E-state index contributed by atoms with van der Waals surface area (Å²) >= 11 is 0. The first-order valence-electron chi connectivity index (χ1n) is 9.00. The molecule has 152 valence electrons. The molecule has 0 radical (unpaired) electrons. The lowest BCUT2D eigenvalue weighted by Gasteiger charge is -2.24. The van der Waals surface area contributed by atoms with Crippen LogP contribution < -0.4 is 14.8 Å². The van der Waals surface area contributed by atoms with E-state index in [2.05, 4.69) is 5.32 Å². The van der Waals surface area contributed by atoms with Crippen LogP contribution in [0.5, 0.6) is 11.5 Å². The molecule has 0 unspecified atom stereocenters. The molecule has 9 heteroatoms. The van der Waals surface area contributed by atoms with Gasteiger partial charge in [0.2, 0.25) is 5.09 Å². The third-order valence-corrected chi connectivity index (χ3v) is 6.47. The van der Waals surface area contributed by atoms with Crippen LogP contribution in [0.3, 0.4) is 0 Å². The molecule has 1 N–H and O–H groups in total. The first-order chi connectivity index (χ1) is 13.4. The standard InChI is InChI=1S/C19H24N2O6S/c1-13-11-16(25-2)17(26-3)12-14(13)20-19(22)15-7-8-18(27-15)28(23,24)21-9-5-4-6-10-21/h7-8,11-12H,4-6,9-10H2,1-3H3,(H,20,22). The number of hydrogen-bond donors (Lipinski definition) is 1. The van der Waals surface area contributed by atoms with E-state index in [0.29, 0.717) is 30.3 Å². The molecule has 0 bridgehead atoms. The van der Waals surface area contributed by atoms with Gasteiger partial charge in [0.05, 0.1) is 14.2 Å². The van der Waals surface area contributed by atoms with Gasteiger partial charge in [-0.1, -0.05) is 6.42 Å². The molecule has 1 aromatic heterocycles. The van der Waals surface area contributed by atoms with Crippen molar-refractivity contribution in [2.24, 2.45) is 0 Å². The Morgan fingerprint density at radius 3 is 2.36 bits per heavy atom. The van der Waals surface area contributed by atoms with E-state index in [9.17, 15) is 13.2 Å². The Bertz CT molecular complexity index is 961. The Hall–Kier alpha value is -2.52. The molecule has 8 nitrogen and oxygen atoms in total. The first kappa shape index (κ1) is 20.2. The minimum Gasteiger partial charge on any atom is -0.493 e. The number of amides is 1. The number of aryl methyl sites for hydroxylation is 1. The molecule has 1 aliphatic rings. The maximum Gasteiger partial charge on any atom is 0.291 e. The number of furan rings is 1. The van der Waals surface area contributed by atoms with Gasteiger partial charge in [-0.2, -0.15) is 4.31 Å². The van der Waals surface area contributed by atoms with E-state index in [1.807, 2.05) is 6.92 Å². The summed E-state index contributed by atoms with van der Waals surface area (Å²) in [4.78, 5) is 12.6. The van der Waals surface area contributed by atoms with Crippen molar-refractivity contribution in [2.75, 3.05) is 32.6 Å². The summed E-state index contributed by atoms with van der Waals surface area (Å²) in [6.45, 7) is 2.75. The number of hydrogen-bond acceptors (Lipinski definition) is 6. The fraction of sp³-hybridized carbons (Fsp3) is 0.421. The van der Waals surface area contributed by atoms with Gasteiger partial charge in [0, 0.05) is 24.8 Å². The fourth-order valence-corrected chi connectivity index (χ4v) is 4.54. The van der Waals surface area contributed by atoms with Crippen LogP contribution in [-0.2, 0) is 10.0 Å². The molecule has 0 spiro atoms. The van der Waals surface area contributed by atoms with E-state index in [-0.39, 0.29) is 10.9 Å². The minimum atomic E-state index is -3.73. The zero-order valence-electron chi connectivity index (χ0n) is 16.1. The maximum absolute atomic E-state index is 12.7. The molecule has 0 aliphatic carbocycles. The van der Waals surface area contributed by atoms with Gasteiger partial charge in [-0.25, -0.2) is 8.42 Å². The monoisotopic (exact) mass is 408 g/mol. The van der Waals surface area contributed by atoms with Crippen molar-refractivity contribution in [2.45, 2.75) is 31.3 Å². The Labute approximate surface area is 164 Å². The highest BCUT2D eigenvalue weighted by atomic mass is 32.2. The highest BCUT2D eigenvalue weighted by Crippen LogP contribution is 2.33. The SMILES string of the molecule is COc1cc(C)c(NC(=O)c2ccc(S(=O)(=O)N3CCCCC3)o2)cc1OC. The Balaban J connectivity index is 1.79. The molecule has 1 fully saturated rings. The van der Waals surface area contributed by atoms with Crippen LogP contribution in [-0.4, -0.2) is 45.9 Å². The smallest absolute Gasteiger partial charge is 0.291 e. The number of piperidine rings is 1. The van der Waals surface area contributed by atoms with Gasteiger partial charge in [-0.15, -0.1) is 0 Å². The van der Waals surface area contributed by atoms with Crippen LogP contribution in [0.15, 0.2) is 33.8 Å². The second kappa shape index (κ2) is 8.24. The van der Waals surface area contributed by atoms with E-state index in [1.165, 1.54) is 30.7 Å². The van der Waals surface area contributed by atoms with Crippen molar-refractivity contribution < 1.29 is 27.1 Å². The van der Waals surface area contributed by atoms with E-state index in [0.717, 1.165) is 24.8 Å². The average molecular weight is 408 g/mol. The van der Waals surface area contributed by atoms with E-state index >= 15 is 0 Å². The fourth-order valence-electron chi connectivity index (χ4n) is 3.11. The predicted octanol–water partition coefficient (Wildman–Crippen LogP) is 3.03. The molecule has 1 saturated heterocycles. The van der Waals surface area contributed by atoms with Crippen molar-refractivity contribution in [3.63, 3.8) is 0 Å². The van der Waals surface area contributed by atoms with Crippen molar-refractivity contribution in [1.29, 1.82) is 0 Å². The van der Waals surface area contributed by atoms with Crippen LogP contribution in [0.25, 0.3) is 0 Å². The van der Waals surface area contributed by atoms with E-state index < -0.39 is 15.9 Å². The highest BCUT2D eigenvalue weighted by Gasteiger charge is 2.29. The molecule has 1 aliphatic heterocycles. The summed E-state index contributed by atoms with van der Waals surface area (Å²) < 4.78 is 42.6. The van der Waals surface area contributed by atoms with Crippen molar-refractivity contribution in [1.82, 2.24) is 4.31 Å². The van der Waals surface area contributed by atoms with Gasteiger partial charge in [0.25, 0.3) is 15.9 Å². The van der Waals surface area contributed by atoms with E-state index in [1.54, 1.807) is 12.1 Å². The zero-order chi connectivity index (χ0) is 20.3. The number of sulfonamides is 1. The molecule has 3 rings (SSSR count). The number of anilines is 1. The number of carbonyl (C=O) groups is 1. The van der Waals surface area contributed by atoms with Crippen LogP contribution in [0, 0.1) is 6.92 Å². The van der Waals surface area contributed by atoms with Crippen LogP contribution >= 0.6 is 0 Å². The summed E-state index contributed by atoms with van der Waals surface area (Å²) in [5, 5.41) is 2.50. The summed E-state index contributed by atoms with van der Waals surface area (Å²) in [6, 6.07) is 6.06. The van der Waals surface area contributed by atoms with Gasteiger partial charge >= 0.3 is 0 Å². The summed E-state index contributed by atoms with van der Waals surface area (Å²) in [7, 11) is -0.692. The Kier molecular flexibility index (Phi) is 5.95. The lowest BCUT2D eigenvalue weighted by molar-refractivity contribution is 0.0991. The Morgan fingerprint density at radius 1 is 1.07 bits per heavy atom. The quantitative estimate of drug-likeness (QED) is 0.789. The van der Waals surface area contributed by atoms with Gasteiger partial charge in [0.15, 0.2) is 17.3 Å². The van der Waals surface area contributed by atoms with Gasteiger partial charge < -0.3 is 19.2 Å². The number of nitrogens with zero attached hydrogens (tertiary/aromatic N) is 1. The summed E-state index contributed by atoms with van der Waals surface area (Å²) in [5.74, 6) is 0.391. The first-order valence-corrected chi connectivity index (χ1v) is 10.4. The van der Waals surface area contributed by atoms with E-state index in [4.69, 9.17) is 13.9 Å². The van der Waals surface area contributed by atoms with Crippen molar-refractivity contribution >= 4 is 21.6 Å². The molecule has 2 aromatic rings. The number of nitrogens with one attached hydrogen (secondary N) is 1. The molecule has 2 heterocycles. The van der Waals surface area contributed by atoms with Crippen LogP contribution in [0.1, 0.15) is 35.4 Å². The molecule has 28 heavy (non-hydrogen) atoms. The second-order valence-electron chi connectivity index (χ2n) is 6.56. The second-order valence-corrected chi connectivity index (χ2v) is 8.43. The molecule has 0 saturated carbocycles. The van der Waals surface area contributed by atoms with Crippen LogP contribution in [0.2, 0.25) is 0 Å². The third kappa shape index (κ3) is 4.00. The molecular formula is C19H24N2O6S. The average Bonchev–Trinajstić information content (AvgIpc) is 3.21. The third-order valence-electron chi connectivity index (χ3n) is 4.69. The Morgan fingerprint density at radius 2 is 1.71 bits per heavy atom. The van der Waals surface area contributed by atoms with Crippen molar-refractivity contribution in [3.05, 3.63) is 35.6 Å². The predicted molar refractivity (Wildman–Crippen MR) is 104 cm³/mol. The number of carbonyl (C=O) groups excluding carboxylic acids is 1. The lowest BCUT2D eigenvalue weighted by atomic mass is 10.1. The molecule has 1 amide bonds.